The Morgan fingerprint density at radius 3 is 2.86 bits per heavy atom. The highest BCUT2D eigenvalue weighted by Crippen LogP contribution is 2.24. The van der Waals surface area contributed by atoms with Crippen LogP contribution in [-0.4, -0.2) is 68.2 Å². The van der Waals surface area contributed by atoms with Crippen molar-refractivity contribution in [1.82, 2.24) is 24.9 Å². The number of amides is 1. The molecule has 1 aliphatic heterocycles. The Bertz CT molecular complexity index is 1070. The summed E-state index contributed by atoms with van der Waals surface area (Å²) >= 11 is 0. The minimum Gasteiger partial charge on any atom is -0.469 e. The van der Waals surface area contributed by atoms with Crippen molar-refractivity contribution in [3.63, 3.8) is 0 Å². The minimum absolute atomic E-state index is 0.137. The highest BCUT2D eigenvalue weighted by molar-refractivity contribution is 5.94. The van der Waals surface area contributed by atoms with E-state index >= 15 is 0 Å². The van der Waals surface area contributed by atoms with Gasteiger partial charge in [0.25, 0.3) is 5.91 Å². The maximum Gasteiger partial charge on any atom is 0.310 e. The molecule has 0 bridgehead atoms. The van der Waals surface area contributed by atoms with Crippen molar-refractivity contribution in [2.75, 3.05) is 20.2 Å². The Hall–Kier alpha value is -3.33. The summed E-state index contributed by atoms with van der Waals surface area (Å²) in [4.78, 5) is 30.5. The van der Waals surface area contributed by atoms with Gasteiger partial charge in [0, 0.05) is 36.3 Å². The second kappa shape index (κ2) is 7.59. The van der Waals surface area contributed by atoms with E-state index < -0.39 is 18.0 Å². The third-order valence-electron chi connectivity index (χ3n) is 5.23. The van der Waals surface area contributed by atoms with Crippen LogP contribution in [0.4, 0.5) is 0 Å². The molecule has 0 spiro atoms. The average Bonchev–Trinajstić information content (AvgIpc) is 3.12. The molecule has 1 amide bonds. The van der Waals surface area contributed by atoms with Crippen LogP contribution in [0.2, 0.25) is 0 Å². The number of nitrogens with zero attached hydrogens (tertiary/aromatic N) is 5. The Kier molecular flexibility index (Phi) is 4.98. The van der Waals surface area contributed by atoms with Crippen LogP contribution in [0.25, 0.3) is 16.5 Å². The van der Waals surface area contributed by atoms with Crippen LogP contribution < -0.4 is 0 Å². The van der Waals surface area contributed by atoms with Gasteiger partial charge < -0.3 is 14.7 Å². The maximum absolute atomic E-state index is 13.1. The summed E-state index contributed by atoms with van der Waals surface area (Å²) < 4.78 is 6.39. The number of ether oxygens (including phenoxy) is 1. The summed E-state index contributed by atoms with van der Waals surface area (Å²) in [6.45, 7) is 2.08. The van der Waals surface area contributed by atoms with Crippen LogP contribution in [0.5, 0.6) is 0 Å². The third kappa shape index (κ3) is 3.44. The highest BCUT2D eigenvalue weighted by atomic mass is 16.5. The van der Waals surface area contributed by atoms with Gasteiger partial charge in [-0.05, 0) is 25.5 Å². The number of rotatable bonds is 3. The number of esters is 1. The predicted molar refractivity (Wildman–Crippen MR) is 103 cm³/mol. The van der Waals surface area contributed by atoms with Crippen molar-refractivity contribution in [2.45, 2.75) is 19.4 Å². The topological polar surface area (TPSA) is 110 Å². The molecular weight excluding hydrogens is 374 g/mol. The molecule has 1 fully saturated rings. The Morgan fingerprint density at radius 1 is 1.24 bits per heavy atom. The number of aliphatic hydroxyl groups is 1. The summed E-state index contributed by atoms with van der Waals surface area (Å²) in [6, 6.07) is 7.63. The van der Waals surface area contributed by atoms with Crippen LogP contribution in [0.3, 0.4) is 0 Å². The van der Waals surface area contributed by atoms with Crippen LogP contribution >= 0.6 is 0 Å². The van der Waals surface area contributed by atoms with Gasteiger partial charge in [-0.15, -0.1) is 5.10 Å². The highest BCUT2D eigenvalue weighted by Gasteiger charge is 2.35. The monoisotopic (exact) mass is 395 g/mol. The van der Waals surface area contributed by atoms with E-state index in [0.717, 1.165) is 16.5 Å². The number of hydrogen-bond acceptors (Lipinski definition) is 7. The molecule has 1 aliphatic rings. The lowest BCUT2D eigenvalue weighted by atomic mass is 9.95. The number of aliphatic hydroxyl groups excluding tert-OH is 1. The van der Waals surface area contributed by atoms with Crippen molar-refractivity contribution in [1.29, 1.82) is 0 Å². The first-order chi connectivity index (χ1) is 14.0. The van der Waals surface area contributed by atoms with Gasteiger partial charge in [-0.1, -0.05) is 17.3 Å². The molecule has 0 saturated carbocycles. The summed E-state index contributed by atoms with van der Waals surface area (Å²) in [5.41, 5.74) is 1.56. The van der Waals surface area contributed by atoms with E-state index in [2.05, 4.69) is 15.3 Å². The first kappa shape index (κ1) is 19.0. The van der Waals surface area contributed by atoms with Gasteiger partial charge in [-0.25, -0.2) is 4.68 Å². The zero-order valence-electron chi connectivity index (χ0n) is 16.1. The van der Waals surface area contributed by atoms with Crippen LogP contribution in [-0.2, 0) is 9.53 Å². The molecular formula is C20H21N5O4. The van der Waals surface area contributed by atoms with Crippen molar-refractivity contribution < 1.29 is 19.4 Å². The number of hydrogen-bond donors (Lipinski definition) is 1. The second-order valence-electron chi connectivity index (χ2n) is 7.13. The molecule has 4 rings (SSSR count). The molecule has 150 valence electrons. The van der Waals surface area contributed by atoms with Gasteiger partial charge in [0.15, 0.2) is 5.69 Å². The molecule has 9 nitrogen and oxygen atoms in total. The van der Waals surface area contributed by atoms with Crippen LogP contribution in [0, 0.1) is 12.8 Å². The molecule has 29 heavy (non-hydrogen) atoms. The molecule has 3 heterocycles. The molecule has 2 unspecified atom stereocenters. The first-order valence-electron chi connectivity index (χ1n) is 9.30. The third-order valence-corrected chi connectivity index (χ3v) is 5.23. The van der Waals surface area contributed by atoms with E-state index in [1.165, 1.54) is 12.0 Å². The molecule has 2 aromatic heterocycles. The quantitative estimate of drug-likeness (QED) is 0.662. The maximum atomic E-state index is 13.1. The largest absolute Gasteiger partial charge is 0.469 e. The fraction of sp³-hybridized carbons (Fsp3) is 0.350. The second-order valence-corrected chi connectivity index (χ2v) is 7.13. The number of methoxy groups -OCH3 is 1. The number of β-amino-alcohol motifs (C(OH)–C–C–N with tert-alkyl or cyclic N) is 1. The summed E-state index contributed by atoms with van der Waals surface area (Å²) in [7, 11) is 1.30. The molecule has 2 atom stereocenters. The zero-order valence-corrected chi connectivity index (χ0v) is 16.1. The lowest BCUT2D eigenvalue weighted by molar-refractivity contribution is -0.148. The Morgan fingerprint density at radius 2 is 2.07 bits per heavy atom. The normalized spacial score (nSPS) is 19.3. The number of benzene rings is 1. The van der Waals surface area contributed by atoms with E-state index in [0.29, 0.717) is 5.69 Å². The molecule has 1 saturated heterocycles. The number of fused-ring (bicyclic) bond motifs is 1. The number of carbonyl (C=O) groups excluding carboxylic acids is 2. The predicted octanol–water partition coefficient (Wildman–Crippen LogP) is 1.12. The smallest absolute Gasteiger partial charge is 0.310 e. The summed E-state index contributed by atoms with van der Waals surface area (Å²) in [6.07, 6.45) is 2.94. The van der Waals surface area contributed by atoms with Crippen LogP contribution in [0.15, 0.2) is 36.7 Å². The minimum atomic E-state index is -0.794. The average molecular weight is 395 g/mol. The zero-order chi connectivity index (χ0) is 20.5. The van der Waals surface area contributed by atoms with Crippen molar-refractivity contribution >= 4 is 22.6 Å². The van der Waals surface area contributed by atoms with E-state index in [9.17, 15) is 14.7 Å². The van der Waals surface area contributed by atoms with Gasteiger partial charge in [-0.3, -0.25) is 14.6 Å². The number of carbonyl (C=O) groups is 2. The standard InChI is InChI=1S/C20H21N5O4/c1-12-18(19(27)24-10-14(20(28)29-2)8-15(26)11-24)22-23-25(12)17-5-3-4-13-9-21-7-6-16(13)17/h3-7,9,14-15,26H,8,10-11H2,1-2H3. The number of piperidine rings is 1. The Labute approximate surface area is 166 Å². The van der Waals surface area contributed by atoms with Gasteiger partial charge in [0.1, 0.15) is 0 Å². The fourth-order valence-corrected chi connectivity index (χ4v) is 3.77. The van der Waals surface area contributed by atoms with E-state index in [-0.39, 0.29) is 31.1 Å². The van der Waals surface area contributed by atoms with E-state index in [4.69, 9.17) is 4.74 Å². The molecule has 3 aromatic rings. The molecule has 9 heteroatoms. The van der Waals surface area contributed by atoms with Gasteiger partial charge >= 0.3 is 5.97 Å². The SMILES string of the molecule is COC(=O)C1CC(O)CN(C(=O)c2nnn(-c3cccc4cnccc34)c2C)C1. The van der Waals surface area contributed by atoms with E-state index in [1.807, 2.05) is 24.3 Å². The van der Waals surface area contributed by atoms with Crippen LogP contribution in [0.1, 0.15) is 22.6 Å². The fourth-order valence-electron chi connectivity index (χ4n) is 3.77. The summed E-state index contributed by atoms with van der Waals surface area (Å²) in [5.74, 6) is -1.37. The number of likely N-dealkylation sites (tertiary alicyclic amines) is 1. The molecule has 1 N–H and O–H groups in total. The first-order valence-corrected chi connectivity index (χ1v) is 9.30. The summed E-state index contributed by atoms with van der Waals surface area (Å²) in [5, 5.41) is 20.3. The molecule has 0 aliphatic carbocycles. The molecule has 0 radical (unpaired) electrons. The molecule has 1 aromatic carbocycles. The van der Waals surface area contributed by atoms with Crippen molar-refractivity contribution in [3.8, 4) is 5.69 Å². The van der Waals surface area contributed by atoms with E-state index in [1.54, 1.807) is 24.0 Å². The Balaban J connectivity index is 1.66. The van der Waals surface area contributed by atoms with Gasteiger partial charge in [0.2, 0.25) is 0 Å². The van der Waals surface area contributed by atoms with Gasteiger partial charge in [-0.2, -0.15) is 0 Å². The number of aromatic nitrogens is 4. The van der Waals surface area contributed by atoms with Crippen molar-refractivity contribution in [3.05, 3.63) is 48.0 Å². The number of pyridine rings is 1. The lowest BCUT2D eigenvalue weighted by Crippen LogP contribution is -2.48. The van der Waals surface area contributed by atoms with Crippen molar-refractivity contribution in [2.24, 2.45) is 5.92 Å². The van der Waals surface area contributed by atoms with Gasteiger partial charge in [0.05, 0.1) is 30.5 Å². The lowest BCUT2D eigenvalue weighted by Gasteiger charge is -2.34.